The SMILES string of the molecule is I.NCC(=O)O.NCCCC[C@H](N)C(=O)O. The molecule has 0 aromatic heterocycles. The number of rotatable bonds is 6. The van der Waals surface area contributed by atoms with Crippen LogP contribution in [0.5, 0.6) is 0 Å². The van der Waals surface area contributed by atoms with Crippen molar-refractivity contribution in [2.45, 2.75) is 25.3 Å². The number of aliphatic carboxylic acids is 2. The highest BCUT2D eigenvalue weighted by Gasteiger charge is 2.09. The summed E-state index contributed by atoms with van der Waals surface area (Å²) in [6.45, 7) is 0.326. The van der Waals surface area contributed by atoms with Gasteiger partial charge in [-0.25, -0.2) is 0 Å². The van der Waals surface area contributed by atoms with Gasteiger partial charge in [-0.3, -0.25) is 9.59 Å². The molecule has 1 atom stereocenters. The standard InChI is InChI=1S/C6H14N2O2.C2H5NO2.HI/c7-4-2-1-3-5(8)6(9)10;3-1-2(4)5;/h5H,1-4,7-8H2,(H,9,10);1,3H2,(H,4,5);1H/t5-;;/m0../s1. The van der Waals surface area contributed by atoms with Crippen LogP contribution in [0.25, 0.3) is 0 Å². The van der Waals surface area contributed by atoms with Crippen molar-refractivity contribution in [3.05, 3.63) is 0 Å². The molecule has 0 heterocycles. The number of carbonyl (C=O) groups is 2. The van der Waals surface area contributed by atoms with E-state index in [0.29, 0.717) is 13.0 Å². The van der Waals surface area contributed by atoms with Crippen molar-refractivity contribution >= 4 is 35.9 Å². The van der Waals surface area contributed by atoms with Gasteiger partial charge in [0.05, 0.1) is 6.54 Å². The third kappa shape index (κ3) is 19.2. The molecule has 0 aliphatic heterocycles. The maximum absolute atomic E-state index is 10.1. The van der Waals surface area contributed by atoms with Gasteiger partial charge in [-0.1, -0.05) is 6.42 Å². The Balaban J connectivity index is -0.000000242. The van der Waals surface area contributed by atoms with E-state index in [-0.39, 0.29) is 30.5 Å². The molecule has 0 fully saturated rings. The molecule has 0 aliphatic carbocycles. The summed E-state index contributed by atoms with van der Waals surface area (Å²) in [6.07, 6.45) is 2.16. The Kier molecular flexibility index (Phi) is 19.0. The number of carboxylic acids is 2. The van der Waals surface area contributed by atoms with Crippen LogP contribution in [0, 0.1) is 0 Å². The molecule has 7 nitrogen and oxygen atoms in total. The number of carboxylic acid groups (broad SMARTS) is 2. The van der Waals surface area contributed by atoms with Gasteiger partial charge in [-0.2, -0.15) is 0 Å². The van der Waals surface area contributed by atoms with E-state index in [9.17, 15) is 9.59 Å². The van der Waals surface area contributed by atoms with Crippen LogP contribution < -0.4 is 17.2 Å². The molecular weight excluding hydrogens is 329 g/mol. The first-order valence-corrected chi connectivity index (χ1v) is 4.56. The molecule has 0 aromatic carbocycles. The number of nitrogens with two attached hydrogens (primary N) is 3. The van der Waals surface area contributed by atoms with Crippen molar-refractivity contribution in [3.63, 3.8) is 0 Å². The molecule has 16 heavy (non-hydrogen) atoms. The molecule has 0 spiro atoms. The molecule has 0 aliphatic rings. The summed E-state index contributed by atoms with van der Waals surface area (Å²) in [5, 5.41) is 15.9. The zero-order chi connectivity index (χ0) is 12.3. The van der Waals surface area contributed by atoms with Crippen LogP contribution in [0.15, 0.2) is 0 Å². The molecule has 98 valence electrons. The summed E-state index contributed by atoms with van der Waals surface area (Å²) in [4.78, 5) is 19.4. The maximum atomic E-state index is 10.1. The zero-order valence-electron chi connectivity index (χ0n) is 8.96. The van der Waals surface area contributed by atoms with Crippen LogP contribution in [0.4, 0.5) is 0 Å². The van der Waals surface area contributed by atoms with Crippen LogP contribution in [-0.2, 0) is 9.59 Å². The summed E-state index contributed by atoms with van der Waals surface area (Å²) < 4.78 is 0. The van der Waals surface area contributed by atoms with Gasteiger partial charge < -0.3 is 27.4 Å². The van der Waals surface area contributed by atoms with Crippen LogP contribution in [0.1, 0.15) is 19.3 Å². The third-order valence-corrected chi connectivity index (χ3v) is 1.46. The lowest BCUT2D eigenvalue weighted by Crippen LogP contribution is -2.29. The minimum Gasteiger partial charge on any atom is -0.480 e. The van der Waals surface area contributed by atoms with E-state index >= 15 is 0 Å². The molecule has 0 amide bonds. The smallest absolute Gasteiger partial charge is 0.320 e. The predicted molar refractivity (Wildman–Crippen MR) is 70.6 cm³/mol. The van der Waals surface area contributed by atoms with Crippen molar-refractivity contribution in [2.24, 2.45) is 17.2 Å². The Hall–Kier alpha value is -0.450. The van der Waals surface area contributed by atoms with Crippen LogP contribution in [0.2, 0.25) is 0 Å². The van der Waals surface area contributed by atoms with Crippen molar-refractivity contribution < 1.29 is 19.8 Å². The van der Waals surface area contributed by atoms with E-state index in [4.69, 9.17) is 21.7 Å². The van der Waals surface area contributed by atoms with E-state index < -0.39 is 18.0 Å². The van der Waals surface area contributed by atoms with Crippen molar-refractivity contribution in [1.29, 1.82) is 0 Å². The first-order valence-electron chi connectivity index (χ1n) is 4.56. The van der Waals surface area contributed by atoms with E-state index in [1.165, 1.54) is 0 Å². The number of halogens is 1. The fourth-order valence-electron chi connectivity index (χ4n) is 0.632. The van der Waals surface area contributed by atoms with Gasteiger partial charge in [-0.15, -0.1) is 24.0 Å². The van der Waals surface area contributed by atoms with E-state index in [1.807, 2.05) is 0 Å². The molecule has 0 bridgehead atoms. The van der Waals surface area contributed by atoms with Gasteiger partial charge in [0, 0.05) is 0 Å². The lowest BCUT2D eigenvalue weighted by Gasteiger charge is -2.03. The fraction of sp³-hybridized carbons (Fsp3) is 0.750. The van der Waals surface area contributed by atoms with E-state index in [1.54, 1.807) is 0 Å². The molecule has 0 rings (SSSR count). The summed E-state index contributed by atoms with van der Waals surface area (Å²) in [7, 11) is 0. The average molecular weight is 349 g/mol. The Morgan fingerprint density at radius 3 is 1.81 bits per heavy atom. The van der Waals surface area contributed by atoms with Crippen molar-refractivity contribution in [1.82, 2.24) is 0 Å². The quantitative estimate of drug-likeness (QED) is 0.310. The third-order valence-electron chi connectivity index (χ3n) is 1.46. The summed E-state index contributed by atoms with van der Waals surface area (Å²) in [5.41, 5.74) is 15.0. The molecule has 0 saturated heterocycles. The first-order chi connectivity index (χ1) is 6.95. The highest BCUT2D eigenvalue weighted by molar-refractivity contribution is 14.0. The molecule has 8 N–H and O–H groups in total. The minimum absolute atomic E-state index is 0. The van der Waals surface area contributed by atoms with Crippen LogP contribution in [0.3, 0.4) is 0 Å². The second-order valence-corrected chi connectivity index (χ2v) is 2.83. The maximum Gasteiger partial charge on any atom is 0.320 e. The second kappa shape index (κ2) is 14.6. The molecule has 0 unspecified atom stereocenters. The average Bonchev–Trinajstić information content (AvgIpc) is 2.18. The fourth-order valence-corrected chi connectivity index (χ4v) is 0.632. The van der Waals surface area contributed by atoms with Gasteiger partial charge >= 0.3 is 11.9 Å². The summed E-state index contributed by atoms with van der Waals surface area (Å²) in [6, 6.07) is -0.716. The summed E-state index contributed by atoms with van der Waals surface area (Å²) in [5.74, 6) is -1.90. The normalized spacial score (nSPS) is 10.4. The van der Waals surface area contributed by atoms with Gasteiger partial charge in [-0.05, 0) is 19.4 Å². The van der Waals surface area contributed by atoms with Gasteiger partial charge in [0.15, 0.2) is 0 Å². The Bertz CT molecular complexity index is 192. The Morgan fingerprint density at radius 2 is 1.56 bits per heavy atom. The lowest BCUT2D eigenvalue weighted by molar-refractivity contribution is -0.138. The number of hydrogen-bond acceptors (Lipinski definition) is 5. The largest absolute Gasteiger partial charge is 0.480 e. The van der Waals surface area contributed by atoms with Crippen molar-refractivity contribution in [3.8, 4) is 0 Å². The highest BCUT2D eigenvalue weighted by atomic mass is 127. The van der Waals surface area contributed by atoms with Gasteiger partial charge in [0.2, 0.25) is 0 Å². The monoisotopic (exact) mass is 349 g/mol. The number of hydrogen-bond donors (Lipinski definition) is 5. The minimum atomic E-state index is -0.968. The lowest BCUT2D eigenvalue weighted by atomic mass is 10.1. The predicted octanol–water partition coefficient (Wildman–Crippen LogP) is -0.825. The number of unbranched alkanes of at least 4 members (excludes halogenated alkanes) is 1. The van der Waals surface area contributed by atoms with Gasteiger partial charge in [0.1, 0.15) is 6.04 Å². The van der Waals surface area contributed by atoms with Crippen molar-refractivity contribution in [2.75, 3.05) is 13.1 Å². The molecule has 0 saturated carbocycles. The van der Waals surface area contributed by atoms with Crippen LogP contribution in [-0.4, -0.2) is 41.3 Å². The molecule has 0 aromatic rings. The second-order valence-electron chi connectivity index (χ2n) is 2.83. The first kappa shape index (κ1) is 20.9. The Labute approximate surface area is 111 Å². The summed E-state index contributed by atoms with van der Waals surface area (Å²) >= 11 is 0. The van der Waals surface area contributed by atoms with Gasteiger partial charge in [0.25, 0.3) is 0 Å². The molecular formula is C8H20IN3O4. The zero-order valence-corrected chi connectivity index (χ0v) is 11.3. The topological polar surface area (TPSA) is 153 Å². The van der Waals surface area contributed by atoms with E-state index in [0.717, 1.165) is 12.8 Å². The highest BCUT2D eigenvalue weighted by Crippen LogP contribution is 1.96. The molecule has 8 heteroatoms. The van der Waals surface area contributed by atoms with Crippen LogP contribution >= 0.6 is 24.0 Å². The Morgan fingerprint density at radius 1 is 1.12 bits per heavy atom. The molecule has 0 radical (unpaired) electrons. The van der Waals surface area contributed by atoms with E-state index in [2.05, 4.69) is 5.73 Å².